The molecule has 0 amide bonds. The van der Waals surface area contributed by atoms with Crippen LogP contribution in [0.15, 0.2) is 36.4 Å². The summed E-state index contributed by atoms with van der Waals surface area (Å²) >= 11 is 0. The molecule has 28 heavy (non-hydrogen) atoms. The van der Waals surface area contributed by atoms with E-state index in [0.717, 1.165) is 17.5 Å². The molecule has 2 aromatic carbocycles. The summed E-state index contributed by atoms with van der Waals surface area (Å²) in [5.41, 5.74) is -0.854. The number of non-ortho nitro benzene ring substituents is 1. The number of halogens is 3. The number of rotatable bonds is 5. The molecule has 7 nitrogen and oxygen atoms in total. The van der Waals surface area contributed by atoms with Gasteiger partial charge in [-0.2, -0.15) is 18.3 Å². The first-order chi connectivity index (χ1) is 13.1. The Morgan fingerprint density at radius 2 is 1.89 bits per heavy atom. The quantitative estimate of drug-likeness (QED) is 0.498. The highest BCUT2D eigenvalue weighted by atomic mass is 19.4. The van der Waals surface area contributed by atoms with Crippen LogP contribution in [0.2, 0.25) is 0 Å². The Balaban J connectivity index is 1.83. The minimum atomic E-state index is -4.68. The fourth-order valence-corrected chi connectivity index (χ4v) is 2.82. The van der Waals surface area contributed by atoms with Gasteiger partial charge in [0.05, 0.1) is 16.2 Å². The van der Waals surface area contributed by atoms with E-state index in [1.807, 2.05) is 0 Å². The number of hydrogen-bond donors (Lipinski definition) is 2. The molecule has 0 saturated heterocycles. The second kappa shape index (κ2) is 7.29. The highest BCUT2D eigenvalue weighted by molar-refractivity contribution is 5.93. The van der Waals surface area contributed by atoms with Crippen molar-refractivity contribution in [2.24, 2.45) is 0 Å². The Hall–Kier alpha value is -3.43. The molecule has 0 bridgehead atoms. The zero-order chi connectivity index (χ0) is 20.5. The zero-order valence-corrected chi connectivity index (χ0v) is 14.6. The van der Waals surface area contributed by atoms with Gasteiger partial charge in [-0.3, -0.25) is 10.1 Å². The number of fused-ring (bicyclic) bond motifs is 1. The molecule has 1 heterocycles. The lowest BCUT2D eigenvalue weighted by Gasteiger charge is -2.11. The van der Waals surface area contributed by atoms with E-state index in [0.29, 0.717) is 23.0 Å². The maximum atomic E-state index is 13.0. The van der Waals surface area contributed by atoms with E-state index in [9.17, 15) is 28.4 Å². The highest BCUT2D eigenvalue weighted by Crippen LogP contribution is 2.33. The van der Waals surface area contributed by atoms with Crippen molar-refractivity contribution in [3.05, 3.63) is 63.3 Å². The predicted octanol–water partition coefficient (Wildman–Crippen LogP) is 4.23. The molecule has 0 spiro atoms. The van der Waals surface area contributed by atoms with Crippen molar-refractivity contribution in [2.45, 2.75) is 19.5 Å². The van der Waals surface area contributed by atoms with Crippen molar-refractivity contribution in [1.82, 2.24) is 10.2 Å². The lowest BCUT2D eigenvalue weighted by Crippen LogP contribution is -2.10. The van der Waals surface area contributed by atoms with Crippen molar-refractivity contribution < 1.29 is 23.2 Å². The van der Waals surface area contributed by atoms with Gasteiger partial charge in [0.25, 0.3) is 5.69 Å². The minimum absolute atomic E-state index is 0.0384. The molecular weight excluding hydrogens is 377 g/mol. The van der Waals surface area contributed by atoms with Crippen LogP contribution < -0.4 is 5.32 Å². The van der Waals surface area contributed by atoms with Crippen LogP contribution in [0, 0.1) is 17.0 Å². The lowest BCUT2D eigenvalue weighted by atomic mass is 10.1. The van der Waals surface area contributed by atoms with E-state index < -0.39 is 22.4 Å². The van der Waals surface area contributed by atoms with Crippen molar-refractivity contribution >= 4 is 22.3 Å². The van der Waals surface area contributed by atoms with Gasteiger partial charge in [-0.25, -0.2) is 0 Å². The molecule has 0 unspecified atom stereocenters. The summed E-state index contributed by atoms with van der Waals surface area (Å²) in [6, 6.07) is 7.23. The Morgan fingerprint density at radius 3 is 2.57 bits per heavy atom. The third-order valence-electron chi connectivity index (χ3n) is 4.17. The summed E-state index contributed by atoms with van der Waals surface area (Å²) in [5.74, 6) is 0.398. The van der Waals surface area contributed by atoms with Crippen molar-refractivity contribution in [3.8, 4) is 5.75 Å². The molecule has 0 atom stereocenters. The zero-order valence-electron chi connectivity index (χ0n) is 14.6. The number of phenols is 1. The standard InChI is InChI=1S/C18H15F3N4O3/c1-10-15-3-2-14(26)9-16(15)17(24-23-10)22-5-4-11-6-12(18(19,20)21)8-13(7-11)25(27)28/h2-3,6-9,26H,4-5H2,1H3,(H,22,24). The summed E-state index contributed by atoms with van der Waals surface area (Å²) in [5, 5.41) is 33.0. The number of benzene rings is 2. The summed E-state index contributed by atoms with van der Waals surface area (Å²) in [6.07, 6.45) is -4.58. The highest BCUT2D eigenvalue weighted by Gasteiger charge is 2.32. The maximum absolute atomic E-state index is 13.0. The number of nitro groups is 1. The summed E-state index contributed by atoms with van der Waals surface area (Å²) in [4.78, 5) is 10.1. The van der Waals surface area contributed by atoms with Crippen molar-refractivity contribution in [3.63, 3.8) is 0 Å². The number of nitrogens with one attached hydrogen (secondary N) is 1. The first-order valence-corrected chi connectivity index (χ1v) is 8.20. The van der Waals surface area contributed by atoms with Crippen molar-refractivity contribution in [2.75, 3.05) is 11.9 Å². The number of nitro benzene ring substituents is 1. The van der Waals surface area contributed by atoms with Crippen molar-refractivity contribution in [1.29, 1.82) is 0 Å². The van der Waals surface area contributed by atoms with Gasteiger partial charge in [-0.15, -0.1) is 5.10 Å². The molecule has 3 aromatic rings. The molecule has 3 rings (SSSR count). The molecular formula is C18H15F3N4O3. The Labute approximate surface area is 157 Å². The monoisotopic (exact) mass is 392 g/mol. The fraction of sp³-hybridized carbons (Fsp3) is 0.222. The van der Waals surface area contributed by atoms with Gasteiger partial charge in [0.2, 0.25) is 0 Å². The van der Waals surface area contributed by atoms with Gasteiger partial charge in [0.15, 0.2) is 5.82 Å². The predicted molar refractivity (Wildman–Crippen MR) is 96.2 cm³/mol. The number of aromatic nitrogens is 2. The van der Waals surface area contributed by atoms with Gasteiger partial charge in [0, 0.05) is 29.4 Å². The number of aryl methyl sites for hydroxylation is 1. The summed E-state index contributed by atoms with van der Waals surface area (Å²) < 4.78 is 38.9. The van der Waals surface area contributed by atoms with Crippen LogP contribution in [-0.4, -0.2) is 26.8 Å². The third-order valence-corrected chi connectivity index (χ3v) is 4.17. The van der Waals surface area contributed by atoms with Gasteiger partial charge in [-0.05, 0) is 43.2 Å². The first-order valence-electron chi connectivity index (χ1n) is 8.20. The van der Waals surface area contributed by atoms with Crippen LogP contribution in [0.4, 0.5) is 24.7 Å². The van der Waals surface area contributed by atoms with Gasteiger partial charge in [-0.1, -0.05) is 0 Å². The average Bonchev–Trinajstić information content (AvgIpc) is 2.62. The first kappa shape index (κ1) is 19.3. The fourth-order valence-electron chi connectivity index (χ4n) is 2.82. The number of hydrogen-bond acceptors (Lipinski definition) is 6. The Kier molecular flexibility index (Phi) is 5.04. The van der Waals surface area contributed by atoms with Gasteiger partial charge >= 0.3 is 6.18 Å². The van der Waals surface area contributed by atoms with E-state index in [2.05, 4.69) is 15.5 Å². The maximum Gasteiger partial charge on any atom is 0.416 e. The van der Waals surface area contributed by atoms with Crippen LogP contribution in [0.25, 0.3) is 10.8 Å². The third kappa shape index (κ3) is 4.11. The van der Waals surface area contributed by atoms with Crippen LogP contribution in [-0.2, 0) is 12.6 Å². The number of nitrogens with zero attached hydrogens (tertiary/aromatic N) is 3. The normalized spacial score (nSPS) is 11.6. The Bertz CT molecular complexity index is 1050. The van der Waals surface area contributed by atoms with Crippen LogP contribution >= 0.6 is 0 Å². The molecule has 2 N–H and O–H groups in total. The number of aromatic hydroxyl groups is 1. The summed E-state index contributed by atoms with van der Waals surface area (Å²) in [6.45, 7) is 1.93. The second-order valence-electron chi connectivity index (χ2n) is 6.18. The molecule has 146 valence electrons. The molecule has 0 aliphatic carbocycles. The molecule has 1 aromatic heterocycles. The number of phenolic OH excluding ortho intramolecular Hbond substituents is 1. The van der Waals surface area contributed by atoms with Gasteiger partial charge < -0.3 is 10.4 Å². The lowest BCUT2D eigenvalue weighted by molar-refractivity contribution is -0.385. The molecule has 0 aliphatic rings. The second-order valence-corrected chi connectivity index (χ2v) is 6.18. The number of alkyl halides is 3. The largest absolute Gasteiger partial charge is 0.508 e. The van der Waals surface area contributed by atoms with E-state index in [1.54, 1.807) is 13.0 Å². The molecule has 0 aliphatic heterocycles. The van der Waals surface area contributed by atoms with Gasteiger partial charge in [0.1, 0.15) is 5.75 Å². The molecule has 0 fully saturated rings. The van der Waals surface area contributed by atoms with E-state index in [-0.39, 0.29) is 24.3 Å². The van der Waals surface area contributed by atoms with Crippen LogP contribution in [0.1, 0.15) is 16.8 Å². The topological polar surface area (TPSA) is 101 Å². The van der Waals surface area contributed by atoms with Crippen LogP contribution in [0.5, 0.6) is 5.75 Å². The molecule has 0 radical (unpaired) electrons. The molecule has 0 saturated carbocycles. The number of anilines is 1. The Morgan fingerprint density at radius 1 is 1.14 bits per heavy atom. The van der Waals surface area contributed by atoms with Crippen LogP contribution in [0.3, 0.4) is 0 Å². The minimum Gasteiger partial charge on any atom is -0.508 e. The molecule has 10 heteroatoms. The average molecular weight is 392 g/mol. The van der Waals surface area contributed by atoms with E-state index >= 15 is 0 Å². The van der Waals surface area contributed by atoms with E-state index in [4.69, 9.17) is 0 Å². The summed E-state index contributed by atoms with van der Waals surface area (Å²) in [7, 11) is 0. The SMILES string of the molecule is Cc1nnc(NCCc2cc([N+](=O)[O-])cc(C(F)(F)F)c2)c2cc(O)ccc12. The smallest absolute Gasteiger partial charge is 0.416 e. The van der Waals surface area contributed by atoms with E-state index in [1.165, 1.54) is 12.1 Å².